The fraction of sp³-hybridized carbons (Fsp3) is 0.0952. The molecule has 0 unspecified atom stereocenters. The van der Waals surface area contributed by atoms with Crippen molar-refractivity contribution in [3.63, 3.8) is 0 Å². The number of hydrogen-bond donors (Lipinski definition) is 1. The Morgan fingerprint density at radius 2 is 1.52 bits per heavy atom. The maximum Gasteiger partial charge on any atom is 0.284 e. The second-order valence-corrected chi connectivity index (χ2v) is 8.22. The average molecular weight is 399 g/mol. The Balaban J connectivity index is 2.08. The van der Waals surface area contributed by atoms with Gasteiger partial charge in [0.2, 0.25) is 0 Å². The van der Waals surface area contributed by atoms with Crippen LogP contribution in [-0.4, -0.2) is 14.3 Å². The lowest BCUT2D eigenvalue weighted by atomic mass is 10.1. The van der Waals surface area contributed by atoms with Crippen molar-refractivity contribution in [1.82, 2.24) is 0 Å². The van der Waals surface area contributed by atoms with Crippen LogP contribution in [-0.2, 0) is 10.0 Å². The van der Waals surface area contributed by atoms with Crippen LogP contribution in [0.5, 0.6) is 0 Å². The summed E-state index contributed by atoms with van der Waals surface area (Å²) in [5.41, 5.74) is 3.54. The Kier molecular flexibility index (Phi) is 5.63. The quantitative estimate of drug-likeness (QED) is 0.485. The molecule has 0 aliphatic carbocycles. The van der Waals surface area contributed by atoms with Crippen LogP contribution in [0.3, 0.4) is 0 Å². The second kappa shape index (κ2) is 7.94. The molecule has 138 valence electrons. The Labute approximate surface area is 164 Å². The lowest BCUT2D eigenvalue weighted by molar-refractivity contribution is 0.598. The molecule has 0 aliphatic heterocycles. The van der Waals surface area contributed by atoms with Gasteiger partial charge in [-0.2, -0.15) is 8.42 Å². The molecule has 0 fully saturated rings. The normalized spacial score (nSPS) is 12.0. The van der Waals surface area contributed by atoms with Gasteiger partial charge in [-0.15, -0.1) is 4.40 Å². The maximum absolute atomic E-state index is 12.8. The first kappa shape index (κ1) is 19.1. The van der Waals surface area contributed by atoms with E-state index >= 15 is 0 Å². The van der Waals surface area contributed by atoms with E-state index in [9.17, 15) is 8.42 Å². The summed E-state index contributed by atoms with van der Waals surface area (Å²) < 4.78 is 29.7. The number of nitrogens with one attached hydrogen (secondary N) is 1. The molecule has 0 bridgehead atoms. The number of anilines is 1. The van der Waals surface area contributed by atoms with Crippen molar-refractivity contribution < 1.29 is 8.42 Å². The van der Waals surface area contributed by atoms with E-state index in [2.05, 4.69) is 9.71 Å². The van der Waals surface area contributed by atoms with Crippen LogP contribution >= 0.6 is 11.6 Å². The van der Waals surface area contributed by atoms with Crippen LogP contribution in [0.15, 0.2) is 82.1 Å². The molecule has 27 heavy (non-hydrogen) atoms. The molecule has 0 spiro atoms. The molecule has 0 radical (unpaired) electrons. The number of aryl methyl sites for hydroxylation is 2. The number of sulfonamides is 1. The number of nitrogens with zero attached hydrogens (tertiary/aromatic N) is 1. The number of halogens is 1. The number of rotatable bonds is 4. The molecule has 3 aromatic rings. The third-order valence-corrected chi connectivity index (χ3v) is 5.59. The summed E-state index contributed by atoms with van der Waals surface area (Å²) in [7, 11) is -3.90. The summed E-state index contributed by atoms with van der Waals surface area (Å²) in [6.07, 6.45) is 0. The Morgan fingerprint density at radius 3 is 2.15 bits per heavy atom. The van der Waals surface area contributed by atoms with E-state index in [0.29, 0.717) is 10.6 Å². The highest BCUT2D eigenvalue weighted by Crippen LogP contribution is 2.20. The van der Waals surface area contributed by atoms with Gasteiger partial charge in [0, 0.05) is 16.3 Å². The highest BCUT2D eigenvalue weighted by atomic mass is 35.5. The van der Waals surface area contributed by atoms with Gasteiger partial charge in [-0.3, -0.25) is 0 Å². The molecule has 0 saturated carbocycles. The van der Waals surface area contributed by atoms with Crippen LogP contribution in [0.1, 0.15) is 16.7 Å². The van der Waals surface area contributed by atoms with E-state index in [0.717, 1.165) is 16.8 Å². The molecule has 0 aliphatic rings. The third-order valence-electron chi connectivity index (χ3n) is 4.05. The van der Waals surface area contributed by atoms with Gasteiger partial charge in [-0.05, 0) is 49.7 Å². The summed E-state index contributed by atoms with van der Waals surface area (Å²) in [4.78, 5) is 0.0862. The molecule has 3 aromatic carbocycles. The predicted molar refractivity (Wildman–Crippen MR) is 111 cm³/mol. The van der Waals surface area contributed by atoms with E-state index in [1.165, 1.54) is 24.3 Å². The van der Waals surface area contributed by atoms with Crippen molar-refractivity contribution in [1.29, 1.82) is 0 Å². The van der Waals surface area contributed by atoms with E-state index in [1.54, 1.807) is 0 Å². The summed E-state index contributed by atoms with van der Waals surface area (Å²) in [5.74, 6) is 0.263. The van der Waals surface area contributed by atoms with Crippen molar-refractivity contribution >= 4 is 33.1 Å². The number of amidine groups is 1. The van der Waals surface area contributed by atoms with Gasteiger partial charge in [-0.1, -0.05) is 59.6 Å². The van der Waals surface area contributed by atoms with Gasteiger partial charge >= 0.3 is 0 Å². The van der Waals surface area contributed by atoms with Crippen LogP contribution in [0, 0.1) is 13.8 Å². The van der Waals surface area contributed by atoms with Gasteiger partial charge in [0.15, 0.2) is 5.84 Å². The van der Waals surface area contributed by atoms with Gasteiger partial charge in [0.1, 0.15) is 0 Å². The molecule has 0 amide bonds. The van der Waals surface area contributed by atoms with Crippen molar-refractivity contribution in [2.45, 2.75) is 18.7 Å². The van der Waals surface area contributed by atoms with Crippen molar-refractivity contribution in [2.24, 2.45) is 4.40 Å². The zero-order valence-electron chi connectivity index (χ0n) is 15.0. The molecule has 0 atom stereocenters. The molecule has 3 rings (SSSR count). The van der Waals surface area contributed by atoms with Crippen LogP contribution in [0.25, 0.3) is 0 Å². The fourth-order valence-corrected chi connectivity index (χ4v) is 3.58. The van der Waals surface area contributed by atoms with Gasteiger partial charge in [0.25, 0.3) is 10.0 Å². The predicted octanol–water partition coefficient (Wildman–Crippen LogP) is 5.20. The minimum Gasteiger partial charge on any atom is -0.339 e. The topological polar surface area (TPSA) is 58.5 Å². The zero-order chi connectivity index (χ0) is 19.4. The number of para-hydroxylation sites is 1. The highest BCUT2D eigenvalue weighted by Gasteiger charge is 2.16. The van der Waals surface area contributed by atoms with E-state index in [-0.39, 0.29) is 10.7 Å². The first-order valence-corrected chi connectivity index (χ1v) is 10.2. The van der Waals surface area contributed by atoms with Crippen LogP contribution in [0.2, 0.25) is 5.02 Å². The lowest BCUT2D eigenvalue weighted by Gasteiger charge is -2.13. The molecule has 1 N–H and O–H groups in total. The Morgan fingerprint density at radius 1 is 0.889 bits per heavy atom. The number of hydrogen-bond acceptors (Lipinski definition) is 2. The monoisotopic (exact) mass is 398 g/mol. The second-order valence-electron chi connectivity index (χ2n) is 6.17. The molecule has 4 nitrogen and oxygen atoms in total. The van der Waals surface area contributed by atoms with E-state index in [1.807, 2.05) is 62.4 Å². The number of benzene rings is 3. The van der Waals surface area contributed by atoms with Gasteiger partial charge in [-0.25, -0.2) is 0 Å². The van der Waals surface area contributed by atoms with E-state index in [4.69, 9.17) is 11.6 Å². The smallest absolute Gasteiger partial charge is 0.284 e. The van der Waals surface area contributed by atoms with Crippen molar-refractivity contribution in [3.8, 4) is 0 Å². The first-order valence-electron chi connectivity index (χ1n) is 8.35. The van der Waals surface area contributed by atoms with Crippen molar-refractivity contribution in [3.05, 3.63) is 94.5 Å². The molecular weight excluding hydrogens is 380 g/mol. The van der Waals surface area contributed by atoms with Gasteiger partial charge in [0.05, 0.1) is 4.90 Å². The first-order chi connectivity index (χ1) is 12.8. The van der Waals surface area contributed by atoms with Crippen molar-refractivity contribution in [2.75, 3.05) is 5.32 Å². The minimum absolute atomic E-state index is 0.0862. The van der Waals surface area contributed by atoms with Crippen LogP contribution in [0.4, 0.5) is 5.69 Å². The average Bonchev–Trinajstić information content (AvgIpc) is 2.64. The summed E-state index contributed by atoms with van der Waals surface area (Å²) in [6.45, 7) is 3.92. The molecule has 6 heteroatoms. The highest BCUT2D eigenvalue weighted by molar-refractivity contribution is 7.90. The lowest BCUT2D eigenvalue weighted by Crippen LogP contribution is -2.17. The summed E-state index contributed by atoms with van der Waals surface area (Å²) in [6, 6.07) is 21.1. The van der Waals surface area contributed by atoms with Crippen LogP contribution < -0.4 is 5.32 Å². The maximum atomic E-state index is 12.8. The van der Waals surface area contributed by atoms with Gasteiger partial charge < -0.3 is 5.32 Å². The molecule has 0 saturated heterocycles. The fourth-order valence-electron chi connectivity index (χ4n) is 2.48. The Bertz CT molecular complexity index is 1070. The minimum atomic E-state index is -3.90. The Hall–Kier alpha value is -2.63. The SMILES string of the molecule is Cc1ccc(C(=NS(=O)(=O)c2ccc(Cl)cc2)Nc2ccccc2C)cc1. The zero-order valence-corrected chi connectivity index (χ0v) is 16.6. The summed E-state index contributed by atoms with van der Waals surface area (Å²) in [5, 5.41) is 3.63. The third kappa shape index (κ3) is 4.76. The molecule has 0 heterocycles. The largest absolute Gasteiger partial charge is 0.339 e. The van der Waals surface area contributed by atoms with E-state index < -0.39 is 10.0 Å². The molecule has 0 aromatic heterocycles. The standard InChI is InChI=1S/C21H19ClN2O2S/c1-15-7-9-17(10-8-15)21(23-20-6-4-3-5-16(20)2)24-27(25,26)19-13-11-18(22)12-14-19/h3-14H,1-2H3,(H,23,24). The molecular formula is C21H19ClN2O2S. The summed E-state index contributed by atoms with van der Waals surface area (Å²) >= 11 is 5.86.